The lowest BCUT2D eigenvalue weighted by atomic mass is 9.99. The van der Waals surface area contributed by atoms with Crippen LogP contribution in [0.5, 0.6) is 0 Å². The van der Waals surface area contributed by atoms with Crippen molar-refractivity contribution in [2.75, 3.05) is 0 Å². The van der Waals surface area contributed by atoms with Gasteiger partial charge >= 0.3 is 0 Å². The zero-order valence-electron chi connectivity index (χ0n) is 20.1. The molecule has 0 amide bonds. The van der Waals surface area contributed by atoms with Gasteiger partial charge < -0.3 is 4.42 Å². The van der Waals surface area contributed by atoms with E-state index in [1.807, 2.05) is 25.3 Å². The van der Waals surface area contributed by atoms with Crippen molar-refractivity contribution in [2.24, 2.45) is 0 Å². The number of pyridine rings is 1. The molecular formula is C33H21N3O. The van der Waals surface area contributed by atoms with Gasteiger partial charge in [-0.2, -0.15) is 0 Å². The van der Waals surface area contributed by atoms with Crippen molar-refractivity contribution in [1.29, 1.82) is 0 Å². The van der Waals surface area contributed by atoms with E-state index in [2.05, 4.69) is 101 Å². The van der Waals surface area contributed by atoms with Gasteiger partial charge in [0.2, 0.25) is 0 Å². The Morgan fingerprint density at radius 1 is 0.649 bits per heavy atom. The van der Waals surface area contributed by atoms with Crippen molar-refractivity contribution in [3.63, 3.8) is 0 Å². The molecule has 3 heterocycles. The highest BCUT2D eigenvalue weighted by molar-refractivity contribution is 6.23. The van der Waals surface area contributed by atoms with E-state index in [0.29, 0.717) is 0 Å². The van der Waals surface area contributed by atoms with Gasteiger partial charge in [-0.1, -0.05) is 72.8 Å². The van der Waals surface area contributed by atoms with Crippen LogP contribution in [0.3, 0.4) is 0 Å². The first-order chi connectivity index (χ1) is 18.3. The summed E-state index contributed by atoms with van der Waals surface area (Å²) in [5.41, 5.74) is 6.62. The number of furan rings is 1. The summed E-state index contributed by atoms with van der Waals surface area (Å²) in [7, 11) is 0. The van der Waals surface area contributed by atoms with Crippen LogP contribution >= 0.6 is 0 Å². The first-order valence-corrected chi connectivity index (χ1v) is 12.4. The number of hydrogen-bond acceptors (Lipinski definition) is 3. The molecule has 0 spiro atoms. The van der Waals surface area contributed by atoms with Crippen molar-refractivity contribution in [1.82, 2.24) is 14.5 Å². The fourth-order valence-electron chi connectivity index (χ4n) is 5.71. The summed E-state index contributed by atoms with van der Waals surface area (Å²) in [5.74, 6) is 0.844. The summed E-state index contributed by atoms with van der Waals surface area (Å²) in [6.07, 6.45) is 1.82. The van der Waals surface area contributed by atoms with Crippen LogP contribution in [-0.4, -0.2) is 14.5 Å². The molecule has 5 aromatic carbocycles. The van der Waals surface area contributed by atoms with E-state index in [1.165, 1.54) is 16.2 Å². The Labute approximate surface area is 212 Å². The summed E-state index contributed by atoms with van der Waals surface area (Å²) in [5, 5.41) is 6.92. The third-order valence-corrected chi connectivity index (χ3v) is 7.37. The van der Waals surface area contributed by atoms with Crippen LogP contribution in [0.15, 0.2) is 114 Å². The first kappa shape index (κ1) is 20.3. The summed E-state index contributed by atoms with van der Waals surface area (Å²) in [4.78, 5) is 9.69. The lowest BCUT2D eigenvalue weighted by molar-refractivity contribution is 0.673. The molecule has 0 unspecified atom stereocenters. The standard InChI is InChI=1S/C33H21N3O/c1-20-30-28(18-19-34-20)35-33(36(30)23-9-3-2-4-10-23)27-13-7-12-25-26-17-16-22-15-14-21-8-5-6-11-24(21)29(22)32(26)37-31(25)27/h2-19H,1H3. The molecule has 0 atom stereocenters. The summed E-state index contributed by atoms with van der Waals surface area (Å²) in [6.45, 7) is 2.03. The van der Waals surface area contributed by atoms with Crippen molar-refractivity contribution in [3.8, 4) is 17.1 Å². The number of para-hydroxylation sites is 2. The molecule has 4 heteroatoms. The Morgan fingerprint density at radius 3 is 2.32 bits per heavy atom. The molecule has 4 nitrogen and oxygen atoms in total. The van der Waals surface area contributed by atoms with E-state index in [0.717, 1.165) is 61.1 Å². The minimum atomic E-state index is 0.844. The zero-order chi connectivity index (χ0) is 24.5. The molecule has 8 aromatic rings. The molecule has 8 rings (SSSR count). The lowest BCUT2D eigenvalue weighted by Crippen LogP contribution is -1.99. The predicted molar refractivity (Wildman–Crippen MR) is 151 cm³/mol. The molecule has 0 saturated heterocycles. The van der Waals surface area contributed by atoms with Gasteiger partial charge in [0.15, 0.2) is 0 Å². The van der Waals surface area contributed by atoms with Gasteiger partial charge in [0.05, 0.1) is 22.3 Å². The number of aromatic nitrogens is 3. The molecule has 3 aromatic heterocycles. The van der Waals surface area contributed by atoms with E-state index in [-0.39, 0.29) is 0 Å². The second-order valence-electron chi connectivity index (χ2n) is 9.48. The topological polar surface area (TPSA) is 43.9 Å². The molecule has 0 bridgehead atoms. The average Bonchev–Trinajstić information content (AvgIpc) is 3.53. The highest BCUT2D eigenvalue weighted by Crippen LogP contribution is 2.41. The van der Waals surface area contributed by atoms with E-state index >= 15 is 0 Å². The molecule has 174 valence electrons. The van der Waals surface area contributed by atoms with Crippen molar-refractivity contribution < 1.29 is 4.42 Å². The quantitative estimate of drug-likeness (QED) is 0.235. The minimum absolute atomic E-state index is 0.844. The van der Waals surface area contributed by atoms with E-state index in [9.17, 15) is 0 Å². The molecule has 37 heavy (non-hydrogen) atoms. The summed E-state index contributed by atoms with van der Waals surface area (Å²) in [6, 6.07) is 35.9. The molecule has 0 radical (unpaired) electrons. The molecule has 0 aliphatic carbocycles. The van der Waals surface area contributed by atoms with Gasteiger partial charge in [0, 0.05) is 28.0 Å². The van der Waals surface area contributed by atoms with E-state index in [4.69, 9.17) is 9.40 Å². The SMILES string of the molecule is Cc1nccc2nc(-c3cccc4c3oc3c4ccc4ccc5ccccc5c43)n(-c3ccccc3)c12. The van der Waals surface area contributed by atoms with Gasteiger partial charge in [-0.05, 0) is 53.4 Å². The Kier molecular flexibility index (Phi) is 4.12. The second-order valence-corrected chi connectivity index (χ2v) is 9.48. The highest BCUT2D eigenvalue weighted by Gasteiger charge is 2.21. The van der Waals surface area contributed by atoms with Crippen LogP contribution in [0.4, 0.5) is 0 Å². The molecule has 0 saturated carbocycles. The van der Waals surface area contributed by atoms with Crippen LogP contribution in [-0.2, 0) is 0 Å². The Hall–Kier alpha value is -4.96. The number of imidazole rings is 1. The van der Waals surface area contributed by atoms with Crippen LogP contribution < -0.4 is 0 Å². The third kappa shape index (κ3) is 2.84. The number of nitrogens with zero attached hydrogens (tertiary/aromatic N) is 3. The van der Waals surface area contributed by atoms with Crippen LogP contribution in [0.2, 0.25) is 0 Å². The van der Waals surface area contributed by atoms with Gasteiger partial charge in [-0.15, -0.1) is 0 Å². The summed E-state index contributed by atoms with van der Waals surface area (Å²) < 4.78 is 9.01. The Bertz CT molecular complexity index is 2150. The monoisotopic (exact) mass is 475 g/mol. The van der Waals surface area contributed by atoms with Gasteiger partial charge in [0.25, 0.3) is 0 Å². The predicted octanol–water partition coefficient (Wildman–Crippen LogP) is 8.60. The normalized spacial score (nSPS) is 11.9. The zero-order valence-corrected chi connectivity index (χ0v) is 20.1. The number of rotatable bonds is 2. The van der Waals surface area contributed by atoms with Crippen molar-refractivity contribution in [3.05, 3.63) is 115 Å². The molecular weight excluding hydrogens is 454 g/mol. The maximum Gasteiger partial charge on any atom is 0.149 e. The smallest absolute Gasteiger partial charge is 0.149 e. The van der Waals surface area contributed by atoms with E-state index < -0.39 is 0 Å². The number of hydrogen-bond donors (Lipinski definition) is 0. The van der Waals surface area contributed by atoms with Gasteiger partial charge in [-0.3, -0.25) is 9.55 Å². The first-order valence-electron chi connectivity index (χ1n) is 12.4. The van der Waals surface area contributed by atoms with Crippen molar-refractivity contribution in [2.45, 2.75) is 6.92 Å². The number of fused-ring (bicyclic) bond motifs is 8. The maximum atomic E-state index is 6.81. The maximum absolute atomic E-state index is 6.81. The van der Waals surface area contributed by atoms with Crippen LogP contribution in [0.25, 0.3) is 71.6 Å². The summed E-state index contributed by atoms with van der Waals surface area (Å²) >= 11 is 0. The number of benzene rings is 5. The van der Waals surface area contributed by atoms with Crippen molar-refractivity contribution >= 4 is 54.5 Å². The van der Waals surface area contributed by atoms with Crippen LogP contribution in [0.1, 0.15) is 5.69 Å². The minimum Gasteiger partial charge on any atom is -0.455 e. The second kappa shape index (κ2) is 7.52. The fraction of sp³-hybridized carbons (Fsp3) is 0.0303. The molecule has 0 N–H and O–H groups in total. The highest BCUT2D eigenvalue weighted by atomic mass is 16.3. The number of aryl methyl sites for hydroxylation is 1. The lowest BCUT2D eigenvalue weighted by Gasteiger charge is -2.10. The van der Waals surface area contributed by atoms with Gasteiger partial charge in [-0.25, -0.2) is 4.98 Å². The van der Waals surface area contributed by atoms with Crippen LogP contribution in [0, 0.1) is 6.92 Å². The average molecular weight is 476 g/mol. The van der Waals surface area contributed by atoms with E-state index in [1.54, 1.807) is 0 Å². The molecule has 0 fully saturated rings. The Balaban J connectivity index is 1.52. The molecule has 0 aliphatic rings. The van der Waals surface area contributed by atoms with Gasteiger partial charge in [0.1, 0.15) is 17.0 Å². The largest absolute Gasteiger partial charge is 0.455 e. The fourth-order valence-corrected chi connectivity index (χ4v) is 5.71. The third-order valence-electron chi connectivity index (χ3n) is 7.37. The Morgan fingerprint density at radius 2 is 1.41 bits per heavy atom. The molecule has 0 aliphatic heterocycles.